The lowest BCUT2D eigenvalue weighted by Crippen LogP contribution is -1.82. The summed E-state index contributed by atoms with van der Waals surface area (Å²) in [5.74, 6) is 0.134. The Balaban J connectivity index is 2.13. The molecule has 0 amide bonds. The maximum absolute atomic E-state index is 13.8. The summed E-state index contributed by atoms with van der Waals surface area (Å²) in [6.45, 7) is 0. The van der Waals surface area contributed by atoms with Gasteiger partial charge in [-0.2, -0.15) is 0 Å². The Morgan fingerprint density at radius 1 is 1.16 bits per heavy atom. The average molecular weight is 310 g/mol. The Morgan fingerprint density at radius 2 is 2.00 bits per heavy atom. The van der Waals surface area contributed by atoms with E-state index >= 15 is 0 Å². The molecule has 3 rings (SSSR count). The van der Waals surface area contributed by atoms with E-state index in [2.05, 4.69) is 4.98 Å². The molecule has 0 saturated carbocycles. The van der Waals surface area contributed by atoms with E-state index in [0.717, 1.165) is 15.4 Å². The lowest BCUT2D eigenvalue weighted by molar-refractivity contribution is 0.631. The quantitative estimate of drug-likeness (QED) is 0.589. The molecule has 0 saturated heterocycles. The number of alkyl halides is 1. The number of thiophene rings is 1. The van der Waals surface area contributed by atoms with Crippen LogP contribution in [-0.2, 0) is 5.88 Å². The van der Waals surface area contributed by atoms with Gasteiger partial charge < -0.3 is 0 Å². The van der Waals surface area contributed by atoms with E-state index in [0.29, 0.717) is 16.5 Å². The fourth-order valence-electron chi connectivity index (χ4n) is 1.80. The summed E-state index contributed by atoms with van der Waals surface area (Å²) in [5.41, 5.74) is 1.40. The number of aromatic nitrogens is 1. The number of halogens is 2. The molecule has 0 bridgehead atoms. The van der Waals surface area contributed by atoms with Crippen molar-refractivity contribution in [1.29, 1.82) is 0 Å². The number of nitrogens with zero attached hydrogens (tertiary/aromatic N) is 1. The van der Waals surface area contributed by atoms with E-state index in [1.807, 2.05) is 23.6 Å². The Labute approximate surface area is 123 Å². The summed E-state index contributed by atoms with van der Waals surface area (Å²) in [7, 11) is 0. The summed E-state index contributed by atoms with van der Waals surface area (Å²) in [4.78, 5) is 6.60. The molecule has 0 fully saturated rings. The molecule has 1 aromatic carbocycles. The monoisotopic (exact) mass is 309 g/mol. The molecular formula is C14H9ClFNS2. The van der Waals surface area contributed by atoms with Gasteiger partial charge in [-0.25, -0.2) is 9.37 Å². The van der Waals surface area contributed by atoms with E-state index in [1.54, 1.807) is 23.5 Å². The predicted octanol–water partition coefficient (Wildman–Crippen LogP) is 5.42. The van der Waals surface area contributed by atoms with Crippen molar-refractivity contribution in [3.05, 3.63) is 52.5 Å². The van der Waals surface area contributed by atoms with Gasteiger partial charge in [0.25, 0.3) is 0 Å². The molecule has 0 spiro atoms. The first-order chi connectivity index (χ1) is 9.29. The molecule has 2 heterocycles. The van der Waals surface area contributed by atoms with Crippen LogP contribution in [0.5, 0.6) is 0 Å². The first-order valence-corrected chi connectivity index (χ1v) is 7.87. The third-order valence-electron chi connectivity index (χ3n) is 2.68. The van der Waals surface area contributed by atoms with Gasteiger partial charge in [0, 0.05) is 10.4 Å². The molecule has 5 heteroatoms. The summed E-state index contributed by atoms with van der Waals surface area (Å²) in [6.07, 6.45) is 0. The molecule has 2 aromatic heterocycles. The zero-order valence-electron chi connectivity index (χ0n) is 9.77. The second-order valence-corrected chi connectivity index (χ2v) is 6.18. The van der Waals surface area contributed by atoms with Gasteiger partial charge in [-0.3, -0.25) is 0 Å². The van der Waals surface area contributed by atoms with Crippen LogP contribution in [0.4, 0.5) is 4.39 Å². The van der Waals surface area contributed by atoms with Crippen LogP contribution in [0.25, 0.3) is 21.1 Å². The van der Waals surface area contributed by atoms with Crippen LogP contribution < -0.4 is 0 Å². The fraction of sp³-hybridized carbons (Fsp3) is 0.0714. The second-order valence-electron chi connectivity index (χ2n) is 3.88. The van der Waals surface area contributed by atoms with E-state index in [9.17, 15) is 4.39 Å². The molecule has 0 unspecified atom stereocenters. The van der Waals surface area contributed by atoms with Crippen molar-refractivity contribution >= 4 is 34.3 Å². The van der Waals surface area contributed by atoms with Gasteiger partial charge in [0.2, 0.25) is 0 Å². The Kier molecular flexibility index (Phi) is 3.64. The lowest BCUT2D eigenvalue weighted by atomic mass is 10.2. The SMILES string of the molecule is Fc1ccccc1-c1nc(-c2cccs2)c(CCl)s1. The summed E-state index contributed by atoms with van der Waals surface area (Å²) >= 11 is 9.03. The Bertz CT molecular complexity index is 691. The highest BCUT2D eigenvalue weighted by atomic mass is 35.5. The topological polar surface area (TPSA) is 12.9 Å². The number of hydrogen-bond donors (Lipinski definition) is 0. The molecule has 96 valence electrons. The molecule has 1 nitrogen and oxygen atoms in total. The molecule has 0 atom stereocenters. The van der Waals surface area contributed by atoms with Crippen LogP contribution in [0.3, 0.4) is 0 Å². The highest BCUT2D eigenvalue weighted by Gasteiger charge is 2.16. The van der Waals surface area contributed by atoms with Crippen molar-refractivity contribution < 1.29 is 4.39 Å². The third kappa shape index (κ3) is 2.43. The summed E-state index contributed by atoms with van der Waals surface area (Å²) in [5, 5.41) is 2.67. The largest absolute Gasteiger partial charge is 0.235 e. The van der Waals surface area contributed by atoms with Gasteiger partial charge >= 0.3 is 0 Å². The Hall–Kier alpha value is -1.23. The van der Waals surface area contributed by atoms with Crippen molar-refractivity contribution in [3.63, 3.8) is 0 Å². The standard InChI is InChI=1S/C14H9ClFNS2/c15-8-12-13(11-6-3-7-18-11)17-14(19-12)9-4-1-2-5-10(9)16/h1-7H,8H2. The average Bonchev–Trinajstić information content (AvgIpc) is 3.08. The first-order valence-electron chi connectivity index (χ1n) is 5.64. The van der Waals surface area contributed by atoms with Crippen molar-refractivity contribution in [2.75, 3.05) is 0 Å². The summed E-state index contributed by atoms with van der Waals surface area (Å²) < 4.78 is 13.8. The zero-order chi connectivity index (χ0) is 13.2. The van der Waals surface area contributed by atoms with Crippen LogP contribution in [0.15, 0.2) is 41.8 Å². The van der Waals surface area contributed by atoms with E-state index in [-0.39, 0.29) is 5.82 Å². The minimum absolute atomic E-state index is 0.255. The smallest absolute Gasteiger partial charge is 0.133 e. The molecule has 0 N–H and O–H groups in total. The van der Waals surface area contributed by atoms with Crippen LogP contribution in [0, 0.1) is 5.82 Å². The minimum atomic E-state index is -0.255. The summed E-state index contributed by atoms with van der Waals surface area (Å²) in [6, 6.07) is 10.6. The highest BCUT2D eigenvalue weighted by Crippen LogP contribution is 2.37. The van der Waals surface area contributed by atoms with Crippen molar-refractivity contribution in [2.45, 2.75) is 5.88 Å². The number of thiazole rings is 1. The van der Waals surface area contributed by atoms with Gasteiger partial charge in [0.1, 0.15) is 10.8 Å². The van der Waals surface area contributed by atoms with Gasteiger partial charge in [0.15, 0.2) is 0 Å². The maximum atomic E-state index is 13.8. The van der Waals surface area contributed by atoms with E-state index in [1.165, 1.54) is 17.4 Å². The van der Waals surface area contributed by atoms with Crippen LogP contribution in [0.2, 0.25) is 0 Å². The number of benzene rings is 1. The molecule has 0 aliphatic carbocycles. The van der Waals surface area contributed by atoms with Gasteiger partial charge in [0.05, 0.1) is 16.5 Å². The zero-order valence-corrected chi connectivity index (χ0v) is 12.2. The fourth-order valence-corrected chi connectivity index (χ4v) is 3.85. The van der Waals surface area contributed by atoms with Crippen molar-refractivity contribution in [3.8, 4) is 21.1 Å². The normalized spacial score (nSPS) is 10.8. The molecule has 0 aliphatic rings. The Morgan fingerprint density at radius 3 is 2.68 bits per heavy atom. The van der Waals surface area contributed by atoms with Gasteiger partial charge in [-0.1, -0.05) is 18.2 Å². The van der Waals surface area contributed by atoms with Crippen LogP contribution in [0.1, 0.15) is 4.88 Å². The van der Waals surface area contributed by atoms with Crippen LogP contribution in [-0.4, -0.2) is 4.98 Å². The van der Waals surface area contributed by atoms with Crippen molar-refractivity contribution in [2.24, 2.45) is 0 Å². The van der Waals surface area contributed by atoms with Crippen LogP contribution >= 0.6 is 34.3 Å². The van der Waals surface area contributed by atoms with E-state index < -0.39 is 0 Å². The first kappa shape index (κ1) is 12.8. The highest BCUT2D eigenvalue weighted by molar-refractivity contribution is 7.17. The van der Waals surface area contributed by atoms with Gasteiger partial charge in [-0.05, 0) is 23.6 Å². The molecule has 0 radical (unpaired) electrons. The van der Waals surface area contributed by atoms with E-state index in [4.69, 9.17) is 11.6 Å². The van der Waals surface area contributed by atoms with Gasteiger partial charge in [-0.15, -0.1) is 34.3 Å². The molecular weight excluding hydrogens is 301 g/mol. The van der Waals surface area contributed by atoms with Crippen molar-refractivity contribution in [1.82, 2.24) is 4.98 Å². The lowest BCUT2D eigenvalue weighted by Gasteiger charge is -1.96. The predicted molar refractivity (Wildman–Crippen MR) is 80.4 cm³/mol. The maximum Gasteiger partial charge on any atom is 0.133 e. The molecule has 0 aliphatic heterocycles. The minimum Gasteiger partial charge on any atom is -0.235 e. The second kappa shape index (κ2) is 5.41. The molecule has 19 heavy (non-hydrogen) atoms. The number of rotatable bonds is 3. The molecule has 3 aromatic rings. The third-order valence-corrected chi connectivity index (χ3v) is 5.07. The number of hydrogen-bond acceptors (Lipinski definition) is 3.